The Kier molecular flexibility index (Phi) is 6.02. The monoisotopic (exact) mass is 318 g/mol. The van der Waals surface area contributed by atoms with E-state index in [0.29, 0.717) is 39.2 Å². The largest absolute Gasteiger partial charge is 0.450 e. The molecule has 0 saturated carbocycles. The molecule has 2 rings (SSSR count). The minimum absolute atomic E-state index is 0.161. The Morgan fingerprint density at radius 1 is 1.09 bits per heavy atom. The minimum Gasteiger partial charge on any atom is -0.450 e. The molecular weight excluding hydrogens is 292 g/mol. The summed E-state index contributed by atoms with van der Waals surface area (Å²) in [6.45, 7) is 8.62. The molecule has 5 nitrogen and oxygen atoms in total. The van der Waals surface area contributed by atoms with Crippen molar-refractivity contribution < 1.29 is 14.3 Å². The first kappa shape index (κ1) is 17.3. The molecule has 0 unspecified atom stereocenters. The summed E-state index contributed by atoms with van der Waals surface area (Å²) in [5, 5.41) is 0. The molecule has 2 amide bonds. The van der Waals surface area contributed by atoms with Gasteiger partial charge in [-0.1, -0.05) is 23.8 Å². The number of nitrogens with zero attached hydrogens (tertiary/aromatic N) is 2. The second-order valence-electron chi connectivity index (χ2n) is 6.00. The number of ether oxygens (including phenoxy) is 1. The lowest BCUT2D eigenvalue weighted by atomic mass is 10.0. The number of aryl methyl sites for hydroxylation is 3. The second kappa shape index (κ2) is 7.99. The van der Waals surface area contributed by atoms with Crippen LogP contribution in [0.2, 0.25) is 0 Å². The SMILES string of the molecule is CCOC(=O)N1CCN(C(=O)CCc2ccc(C)cc2C)CC1. The Labute approximate surface area is 138 Å². The smallest absolute Gasteiger partial charge is 0.409 e. The first-order chi connectivity index (χ1) is 11.0. The van der Waals surface area contributed by atoms with Gasteiger partial charge >= 0.3 is 6.09 Å². The lowest BCUT2D eigenvalue weighted by Crippen LogP contribution is -2.50. The van der Waals surface area contributed by atoms with Crippen molar-refractivity contribution in [3.8, 4) is 0 Å². The number of carbonyl (C=O) groups excluding carboxylic acids is 2. The molecule has 1 saturated heterocycles. The fourth-order valence-electron chi connectivity index (χ4n) is 2.88. The molecule has 1 aliphatic heterocycles. The van der Waals surface area contributed by atoms with Crippen molar-refractivity contribution in [2.45, 2.75) is 33.6 Å². The number of hydrogen-bond donors (Lipinski definition) is 0. The molecule has 1 aromatic carbocycles. The van der Waals surface area contributed by atoms with E-state index in [4.69, 9.17) is 4.74 Å². The third-order valence-electron chi connectivity index (χ3n) is 4.26. The third kappa shape index (κ3) is 4.71. The molecule has 0 N–H and O–H groups in total. The number of piperazine rings is 1. The molecular formula is C18H26N2O3. The first-order valence-corrected chi connectivity index (χ1v) is 8.27. The van der Waals surface area contributed by atoms with E-state index in [1.54, 1.807) is 11.8 Å². The van der Waals surface area contributed by atoms with Crippen molar-refractivity contribution in [1.29, 1.82) is 0 Å². The molecule has 0 radical (unpaired) electrons. The number of amides is 2. The van der Waals surface area contributed by atoms with Crippen LogP contribution in [0.25, 0.3) is 0 Å². The number of rotatable bonds is 4. The maximum absolute atomic E-state index is 12.3. The number of hydrogen-bond acceptors (Lipinski definition) is 3. The topological polar surface area (TPSA) is 49.9 Å². The van der Waals surface area contributed by atoms with E-state index in [0.717, 1.165) is 6.42 Å². The molecule has 1 heterocycles. The highest BCUT2D eigenvalue weighted by Gasteiger charge is 2.24. The van der Waals surface area contributed by atoms with Gasteiger partial charge in [-0.25, -0.2) is 4.79 Å². The molecule has 23 heavy (non-hydrogen) atoms. The molecule has 126 valence electrons. The summed E-state index contributed by atoms with van der Waals surface area (Å²) >= 11 is 0. The van der Waals surface area contributed by atoms with Gasteiger partial charge < -0.3 is 14.5 Å². The van der Waals surface area contributed by atoms with Crippen LogP contribution in [0.4, 0.5) is 4.79 Å². The van der Waals surface area contributed by atoms with Gasteiger partial charge in [0.05, 0.1) is 6.61 Å². The lowest BCUT2D eigenvalue weighted by molar-refractivity contribution is -0.132. The molecule has 5 heteroatoms. The summed E-state index contributed by atoms with van der Waals surface area (Å²) < 4.78 is 4.99. The highest BCUT2D eigenvalue weighted by Crippen LogP contribution is 2.14. The summed E-state index contributed by atoms with van der Waals surface area (Å²) in [4.78, 5) is 27.5. The van der Waals surface area contributed by atoms with Crippen molar-refractivity contribution in [2.75, 3.05) is 32.8 Å². The zero-order valence-electron chi connectivity index (χ0n) is 14.3. The van der Waals surface area contributed by atoms with Crippen LogP contribution >= 0.6 is 0 Å². The predicted molar refractivity (Wildman–Crippen MR) is 89.4 cm³/mol. The standard InChI is InChI=1S/C18H26N2O3/c1-4-23-18(22)20-11-9-19(10-12-20)17(21)8-7-16-6-5-14(2)13-15(16)3/h5-6,13H,4,7-12H2,1-3H3. The highest BCUT2D eigenvalue weighted by atomic mass is 16.6. The van der Waals surface area contributed by atoms with E-state index < -0.39 is 0 Å². The van der Waals surface area contributed by atoms with E-state index in [2.05, 4.69) is 32.0 Å². The van der Waals surface area contributed by atoms with Gasteiger partial charge in [0.2, 0.25) is 5.91 Å². The Morgan fingerprint density at radius 3 is 2.35 bits per heavy atom. The van der Waals surface area contributed by atoms with Crippen molar-refractivity contribution in [2.24, 2.45) is 0 Å². The van der Waals surface area contributed by atoms with Crippen LogP contribution in [0, 0.1) is 13.8 Å². The van der Waals surface area contributed by atoms with Gasteiger partial charge in [-0.3, -0.25) is 4.79 Å². The summed E-state index contributed by atoms with van der Waals surface area (Å²) in [5.74, 6) is 0.161. The van der Waals surface area contributed by atoms with Gasteiger partial charge in [-0.05, 0) is 38.3 Å². The van der Waals surface area contributed by atoms with Crippen LogP contribution in [0.5, 0.6) is 0 Å². The van der Waals surface area contributed by atoms with Crippen LogP contribution in [-0.4, -0.2) is 54.6 Å². The predicted octanol–water partition coefficient (Wildman–Crippen LogP) is 2.54. The average molecular weight is 318 g/mol. The summed E-state index contributed by atoms with van der Waals surface area (Å²) in [6.07, 6.45) is 1.00. The minimum atomic E-state index is -0.283. The first-order valence-electron chi connectivity index (χ1n) is 8.27. The fourth-order valence-corrected chi connectivity index (χ4v) is 2.88. The van der Waals surface area contributed by atoms with Crippen LogP contribution in [-0.2, 0) is 16.0 Å². The van der Waals surface area contributed by atoms with Crippen LogP contribution < -0.4 is 0 Å². The quantitative estimate of drug-likeness (QED) is 0.857. The van der Waals surface area contributed by atoms with Gasteiger partial charge in [0.15, 0.2) is 0 Å². The number of benzene rings is 1. The van der Waals surface area contributed by atoms with E-state index in [1.165, 1.54) is 16.7 Å². The normalized spacial score (nSPS) is 14.7. The lowest BCUT2D eigenvalue weighted by Gasteiger charge is -2.34. The Morgan fingerprint density at radius 2 is 1.74 bits per heavy atom. The molecule has 1 aliphatic rings. The van der Waals surface area contributed by atoms with E-state index in [1.807, 2.05) is 4.90 Å². The van der Waals surface area contributed by atoms with E-state index >= 15 is 0 Å². The molecule has 1 aromatic rings. The Bertz CT molecular complexity index is 563. The zero-order chi connectivity index (χ0) is 16.8. The van der Waals surface area contributed by atoms with Gasteiger partial charge in [0.1, 0.15) is 0 Å². The van der Waals surface area contributed by atoms with Gasteiger partial charge in [0, 0.05) is 32.6 Å². The zero-order valence-corrected chi connectivity index (χ0v) is 14.3. The van der Waals surface area contributed by atoms with Gasteiger partial charge in [-0.15, -0.1) is 0 Å². The maximum Gasteiger partial charge on any atom is 0.409 e. The molecule has 0 spiro atoms. The fraction of sp³-hybridized carbons (Fsp3) is 0.556. The van der Waals surface area contributed by atoms with Gasteiger partial charge in [-0.2, -0.15) is 0 Å². The maximum atomic E-state index is 12.3. The van der Waals surface area contributed by atoms with Crippen molar-refractivity contribution in [1.82, 2.24) is 9.80 Å². The average Bonchev–Trinajstić information content (AvgIpc) is 2.54. The molecule has 0 aromatic heterocycles. The number of carbonyl (C=O) groups is 2. The molecule has 0 aliphatic carbocycles. The third-order valence-corrected chi connectivity index (χ3v) is 4.26. The highest BCUT2D eigenvalue weighted by molar-refractivity contribution is 5.77. The molecule has 0 bridgehead atoms. The van der Waals surface area contributed by atoms with E-state index in [-0.39, 0.29) is 12.0 Å². The van der Waals surface area contributed by atoms with E-state index in [9.17, 15) is 9.59 Å². The van der Waals surface area contributed by atoms with Crippen LogP contribution in [0.15, 0.2) is 18.2 Å². The van der Waals surface area contributed by atoms with Crippen molar-refractivity contribution in [3.05, 3.63) is 34.9 Å². The summed E-state index contributed by atoms with van der Waals surface area (Å²) in [5.41, 5.74) is 3.71. The summed E-state index contributed by atoms with van der Waals surface area (Å²) in [6, 6.07) is 6.35. The Balaban J connectivity index is 1.80. The van der Waals surface area contributed by atoms with Crippen LogP contribution in [0.3, 0.4) is 0 Å². The molecule has 0 atom stereocenters. The van der Waals surface area contributed by atoms with Gasteiger partial charge in [0.25, 0.3) is 0 Å². The van der Waals surface area contributed by atoms with Crippen molar-refractivity contribution in [3.63, 3.8) is 0 Å². The Hall–Kier alpha value is -2.04. The van der Waals surface area contributed by atoms with Crippen molar-refractivity contribution >= 4 is 12.0 Å². The second-order valence-corrected chi connectivity index (χ2v) is 6.00. The summed E-state index contributed by atoms with van der Waals surface area (Å²) in [7, 11) is 0. The van der Waals surface area contributed by atoms with Crippen LogP contribution in [0.1, 0.15) is 30.0 Å². The molecule has 1 fully saturated rings.